The van der Waals surface area contributed by atoms with Crippen LogP contribution in [0.3, 0.4) is 0 Å². The Morgan fingerprint density at radius 1 is 1.00 bits per heavy atom. The minimum absolute atomic E-state index is 0.629. The fourth-order valence-corrected chi connectivity index (χ4v) is 2.43. The topological polar surface area (TPSA) is 38.0 Å². The van der Waals surface area contributed by atoms with Gasteiger partial charge in [-0.2, -0.15) is 0 Å². The Morgan fingerprint density at radius 3 is 2.45 bits per heavy atom. The molecule has 1 rings (SSSR count). The van der Waals surface area contributed by atoms with Crippen molar-refractivity contribution in [3.8, 4) is 0 Å². The van der Waals surface area contributed by atoms with Gasteiger partial charge < -0.3 is 11.1 Å². The van der Waals surface area contributed by atoms with Crippen molar-refractivity contribution in [3.63, 3.8) is 0 Å². The average Bonchev–Trinajstić information content (AvgIpc) is 2.45. The van der Waals surface area contributed by atoms with E-state index < -0.39 is 0 Å². The Labute approximate surface area is 125 Å². The number of nitrogens with two attached hydrogens (primary N) is 1. The third-order valence-corrected chi connectivity index (χ3v) is 3.69. The third kappa shape index (κ3) is 8.34. The van der Waals surface area contributed by atoms with Crippen LogP contribution in [-0.4, -0.2) is 6.54 Å². The molecule has 0 fully saturated rings. The van der Waals surface area contributed by atoms with E-state index in [2.05, 4.69) is 43.4 Å². The molecule has 0 heterocycles. The quantitative estimate of drug-likeness (QED) is 0.594. The van der Waals surface area contributed by atoms with Gasteiger partial charge in [-0.3, -0.25) is 0 Å². The molecule has 0 atom stereocenters. The zero-order valence-electron chi connectivity index (χ0n) is 13.3. The number of rotatable bonds is 11. The Bertz CT molecular complexity index is 347. The molecule has 0 aliphatic carbocycles. The van der Waals surface area contributed by atoms with Crippen molar-refractivity contribution in [1.82, 2.24) is 5.32 Å². The summed E-state index contributed by atoms with van der Waals surface area (Å²) in [5.41, 5.74) is 8.21. The Balaban J connectivity index is 1.96. The molecular formula is C18H32N2. The smallest absolute Gasteiger partial charge is 0.0205 e. The molecule has 2 nitrogen and oxygen atoms in total. The predicted molar refractivity (Wildman–Crippen MR) is 88.6 cm³/mol. The first kappa shape index (κ1) is 17.2. The van der Waals surface area contributed by atoms with Gasteiger partial charge in [-0.05, 0) is 30.0 Å². The zero-order chi connectivity index (χ0) is 14.6. The molecule has 0 unspecified atom stereocenters. The first-order chi connectivity index (χ1) is 9.72. The maximum absolute atomic E-state index is 5.65. The van der Waals surface area contributed by atoms with Crippen molar-refractivity contribution in [2.75, 3.05) is 6.54 Å². The van der Waals surface area contributed by atoms with Gasteiger partial charge in [-0.25, -0.2) is 0 Å². The highest BCUT2D eigenvalue weighted by Crippen LogP contribution is 2.10. The van der Waals surface area contributed by atoms with Crippen LogP contribution in [-0.2, 0) is 13.1 Å². The lowest BCUT2D eigenvalue weighted by Crippen LogP contribution is -2.14. The van der Waals surface area contributed by atoms with Crippen LogP contribution in [0.5, 0.6) is 0 Å². The Morgan fingerprint density at radius 2 is 1.70 bits per heavy atom. The van der Waals surface area contributed by atoms with Crippen LogP contribution in [0.25, 0.3) is 0 Å². The van der Waals surface area contributed by atoms with Crippen molar-refractivity contribution >= 4 is 0 Å². The molecule has 1 aromatic rings. The summed E-state index contributed by atoms with van der Waals surface area (Å²) in [5, 5.41) is 3.52. The molecule has 3 N–H and O–H groups in total. The fraction of sp³-hybridized carbons (Fsp3) is 0.667. The van der Waals surface area contributed by atoms with Crippen LogP contribution in [0.2, 0.25) is 0 Å². The van der Waals surface area contributed by atoms with Gasteiger partial charge in [0.15, 0.2) is 0 Å². The summed E-state index contributed by atoms with van der Waals surface area (Å²) in [7, 11) is 0. The molecule has 1 aromatic carbocycles. The molecule has 0 saturated heterocycles. The molecule has 0 radical (unpaired) electrons. The lowest BCUT2D eigenvalue weighted by Gasteiger charge is -2.07. The van der Waals surface area contributed by atoms with E-state index in [0.29, 0.717) is 6.54 Å². The summed E-state index contributed by atoms with van der Waals surface area (Å²) in [6, 6.07) is 8.53. The van der Waals surface area contributed by atoms with Crippen LogP contribution in [0.1, 0.15) is 63.5 Å². The normalized spacial score (nSPS) is 11.2. The first-order valence-electron chi connectivity index (χ1n) is 8.21. The summed E-state index contributed by atoms with van der Waals surface area (Å²) in [6.45, 7) is 7.33. The van der Waals surface area contributed by atoms with Crippen LogP contribution < -0.4 is 11.1 Å². The summed E-state index contributed by atoms with van der Waals surface area (Å²) < 4.78 is 0. The van der Waals surface area contributed by atoms with Gasteiger partial charge in [0, 0.05) is 13.1 Å². The van der Waals surface area contributed by atoms with Gasteiger partial charge in [-0.1, -0.05) is 70.2 Å². The van der Waals surface area contributed by atoms with Gasteiger partial charge in [0.25, 0.3) is 0 Å². The molecule has 0 amide bonds. The minimum Gasteiger partial charge on any atom is -0.326 e. The monoisotopic (exact) mass is 276 g/mol. The van der Waals surface area contributed by atoms with E-state index in [-0.39, 0.29) is 0 Å². The van der Waals surface area contributed by atoms with E-state index in [0.717, 1.165) is 19.0 Å². The Kier molecular flexibility index (Phi) is 9.35. The number of hydrogen-bond donors (Lipinski definition) is 2. The van der Waals surface area contributed by atoms with Crippen LogP contribution in [0.4, 0.5) is 0 Å². The summed E-state index contributed by atoms with van der Waals surface area (Å²) in [6.07, 6.45) is 8.21. The number of benzene rings is 1. The highest BCUT2D eigenvalue weighted by Gasteiger charge is 1.96. The van der Waals surface area contributed by atoms with E-state index in [4.69, 9.17) is 5.73 Å². The number of hydrogen-bond acceptors (Lipinski definition) is 2. The lowest BCUT2D eigenvalue weighted by molar-refractivity contribution is 0.509. The second kappa shape index (κ2) is 10.9. The summed E-state index contributed by atoms with van der Waals surface area (Å²) in [5.74, 6) is 0.862. The molecular weight excluding hydrogens is 244 g/mol. The van der Waals surface area contributed by atoms with E-state index >= 15 is 0 Å². The van der Waals surface area contributed by atoms with Gasteiger partial charge in [0.2, 0.25) is 0 Å². The highest BCUT2D eigenvalue weighted by molar-refractivity contribution is 5.23. The average molecular weight is 276 g/mol. The first-order valence-corrected chi connectivity index (χ1v) is 8.21. The minimum atomic E-state index is 0.629. The lowest BCUT2D eigenvalue weighted by atomic mass is 10.0. The molecule has 0 aliphatic rings. The molecule has 0 aromatic heterocycles. The van der Waals surface area contributed by atoms with Crippen molar-refractivity contribution in [2.45, 2.75) is 65.5 Å². The van der Waals surface area contributed by atoms with Crippen molar-refractivity contribution in [2.24, 2.45) is 11.7 Å². The number of nitrogens with one attached hydrogen (secondary N) is 1. The SMILES string of the molecule is CC(C)CCCCCCCNCc1cccc(CN)c1. The summed E-state index contributed by atoms with van der Waals surface area (Å²) >= 11 is 0. The standard InChI is InChI=1S/C18H32N2/c1-16(2)9-6-4-3-5-7-12-20-15-18-11-8-10-17(13-18)14-19/h8,10-11,13,16,20H,3-7,9,12,14-15,19H2,1-2H3. The van der Waals surface area contributed by atoms with Crippen LogP contribution >= 0.6 is 0 Å². The zero-order valence-corrected chi connectivity index (χ0v) is 13.3. The Hall–Kier alpha value is -0.860. The molecule has 0 saturated carbocycles. The van der Waals surface area contributed by atoms with Crippen LogP contribution in [0, 0.1) is 5.92 Å². The van der Waals surface area contributed by atoms with Crippen LogP contribution in [0.15, 0.2) is 24.3 Å². The van der Waals surface area contributed by atoms with Gasteiger partial charge in [0.05, 0.1) is 0 Å². The molecule has 0 spiro atoms. The van der Waals surface area contributed by atoms with Crippen molar-refractivity contribution in [1.29, 1.82) is 0 Å². The second-order valence-corrected chi connectivity index (χ2v) is 6.15. The number of unbranched alkanes of at least 4 members (excludes halogenated alkanes) is 4. The van der Waals surface area contributed by atoms with Gasteiger partial charge >= 0.3 is 0 Å². The maximum Gasteiger partial charge on any atom is 0.0205 e. The van der Waals surface area contributed by atoms with Crippen molar-refractivity contribution < 1.29 is 0 Å². The van der Waals surface area contributed by atoms with Gasteiger partial charge in [-0.15, -0.1) is 0 Å². The largest absolute Gasteiger partial charge is 0.326 e. The van der Waals surface area contributed by atoms with Crippen molar-refractivity contribution in [3.05, 3.63) is 35.4 Å². The molecule has 20 heavy (non-hydrogen) atoms. The molecule has 0 bridgehead atoms. The maximum atomic E-state index is 5.65. The highest BCUT2D eigenvalue weighted by atomic mass is 14.8. The van der Waals surface area contributed by atoms with E-state index in [1.807, 2.05) is 0 Å². The fourth-order valence-electron chi connectivity index (χ4n) is 2.43. The molecule has 2 heteroatoms. The van der Waals surface area contributed by atoms with Gasteiger partial charge in [0.1, 0.15) is 0 Å². The van der Waals surface area contributed by atoms with E-state index in [1.165, 1.54) is 49.7 Å². The predicted octanol–water partition coefficient (Wildman–Crippen LogP) is 4.23. The van der Waals surface area contributed by atoms with E-state index in [9.17, 15) is 0 Å². The second-order valence-electron chi connectivity index (χ2n) is 6.15. The molecule has 0 aliphatic heterocycles. The van der Waals surface area contributed by atoms with E-state index in [1.54, 1.807) is 0 Å². The molecule has 114 valence electrons. The summed E-state index contributed by atoms with van der Waals surface area (Å²) in [4.78, 5) is 0. The third-order valence-electron chi connectivity index (χ3n) is 3.69.